The second-order valence-corrected chi connectivity index (χ2v) is 6.11. The Morgan fingerprint density at radius 1 is 1.13 bits per heavy atom. The average Bonchev–Trinajstić information content (AvgIpc) is 2.98. The van der Waals surface area contributed by atoms with Gasteiger partial charge in [-0.05, 0) is 19.1 Å². The number of thioether (sulfide) groups is 1. The standard InChI is InChI=1S/C18H16N2O2S/c1-13-7-9-14(10-8-13)16-11-20(15-5-3-2-4-6-15)18(19-16)23-12-17(21)22/h2-11H,12H2,1H3,(H,21,22). The maximum atomic E-state index is 10.9. The minimum atomic E-state index is -0.852. The van der Waals surface area contributed by atoms with Crippen molar-refractivity contribution in [3.8, 4) is 16.9 Å². The van der Waals surface area contributed by atoms with Crippen LogP contribution in [0, 0.1) is 6.92 Å². The monoisotopic (exact) mass is 324 g/mol. The van der Waals surface area contributed by atoms with Gasteiger partial charge in [-0.2, -0.15) is 0 Å². The number of aliphatic carboxylic acids is 1. The molecule has 1 heterocycles. The van der Waals surface area contributed by atoms with E-state index in [0.717, 1.165) is 16.9 Å². The van der Waals surface area contributed by atoms with E-state index in [1.165, 1.54) is 17.3 Å². The average molecular weight is 324 g/mol. The molecule has 1 N–H and O–H groups in total. The lowest BCUT2D eigenvalue weighted by Crippen LogP contribution is -2.01. The summed E-state index contributed by atoms with van der Waals surface area (Å²) in [5, 5.41) is 9.61. The molecule has 0 amide bonds. The van der Waals surface area contributed by atoms with E-state index in [-0.39, 0.29) is 5.75 Å². The van der Waals surface area contributed by atoms with Gasteiger partial charge in [0.1, 0.15) is 0 Å². The van der Waals surface area contributed by atoms with Gasteiger partial charge >= 0.3 is 5.97 Å². The molecule has 1 aromatic heterocycles. The fourth-order valence-corrected chi connectivity index (χ4v) is 2.94. The van der Waals surface area contributed by atoms with Crippen LogP contribution in [0.25, 0.3) is 16.9 Å². The maximum Gasteiger partial charge on any atom is 0.313 e. The Balaban J connectivity index is 2.02. The van der Waals surface area contributed by atoms with Crippen LogP contribution in [0.1, 0.15) is 5.56 Å². The van der Waals surface area contributed by atoms with Gasteiger partial charge in [0, 0.05) is 17.4 Å². The van der Waals surface area contributed by atoms with Crippen molar-refractivity contribution in [2.24, 2.45) is 0 Å². The lowest BCUT2D eigenvalue weighted by Gasteiger charge is -2.05. The molecule has 3 aromatic rings. The van der Waals surface area contributed by atoms with Crippen molar-refractivity contribution in [2.45, 2.75) is 12.1 Å². The van der Waals surface area contributed by atoms with E-state index in [4.69, 9.17) is 5.11 Å². The third kappa shape index (κ3) is 3.63. The number of para-hydroxylation sites is 1. The molecule has 23 heavy (non-hydrogen) atoms. The Morgan fingerprint density at radius 2 is 1.83 bits per heavy atom. The molecular weight excluding hydrogens is 308 g/mol. The maximum absolute atomic E-state index is 10.9. The second kappa shape index (κ2) is 6.71. The summed E-state index contributed by atoms with van der Waals surface area (Å²) in [5.74, 6) is -0.869. The van der Waals surface area contributed by atoms with Crippen LogP contribution < -0.4 is 0 Å². The summed E-state index contributed by atoms with van der Waals surface area (Å²) in [7, 11) is 0. The van der Waals surface area contributed by atoms with Crippen LogP contribution in [0.15, 0.2) is 66.0 Å². The number of carboxylic acid groups (broad SMARTS) is 1. The third-order valence-electron chi connectivity index (χ3n) is 3.38. The minimum absolute atomic E-state index is 0.0167. The highest BCUT2D eigenvalue weighted by atomic mass is 32.2. The first kappa shape index (κ1) is 15.4. The summed E-state index contributed by atoms with van der Waals surface area (Å²) < 4.78 is 1.93. The Bertz CT molecular complexity index is 811. The minimum Gasteiger partial charge on any atom is -0.481 e. The molecule has 0 saturated carbocycles. The highest BCUT2D eigenvalue weighted by Crippen LogP contribution is 2.27. The number of carbonyl (C=O) groups is 1. The number of aryl methyl sites for hydroxylation is 1. The molecule has 4 nitrogen and oxygen atoms in total. The number of hydrogen-bond acceptors (Lipinski definition) is 3. The van der Waals surface area contributed by atoms with Crippen molar-refractivity contribution in [1.29, 1.82) is 0 Å². The van der Waals surface area contributed by atoms with E-state index in [1.807, 2.05) is 72.3 Å². The van der Waals surface area contributed by atoms with Crippen molar-refractivity contribution >= 4 is 17.7 Å². The molecule has 0 fully saturated rings. The van der Waals surface area contributed by atoms with E-state index < -0.39 is 5.97 Å². The zero-order valence-electron chi connectivity index (χ0n) is 12.6. The molecule has 5 heteroatoms. The van der Waals surface area contributed by atoms with Crippen molar-refractivity contribution in [2.75, 3.05) is 5.75 Å². The first-order valence-corrected chi connectivity index (χ1v) is 8.18. The number of carboxylic acids is 1. The molecule has 0 unspecified atom stereocenters. The fourth-order valence-electron chi connectivity index (χ4n) is 2.23. The van der Waals surface area contributed by atoms with Gasteiger partial charge in [-0.25, -0.2) is 4.98 Å². The van der Waals surface area contributed by atoms with Gasteiger partial charge in [-0.15, -0.1) is 0 Å². The zero-order valence-corrected chi connectivity index (χ0v) is 13.5. The number of rotatable bonds is 5. The highest BCUT2D eigenvalue weighted by Gasteiger charge is 2.13. The zero-order chi connectivity index (χ0) is 16.2. The molecule has 0 aliphatic heterocycles. The van der Waals surface area contributed by atoms with E-state index in [1.54, 1.807) is 0 Å². The first-order valence-electron chi connectivity index (χ1n) is 7.20. The summed E-state index contributed by atoms with van der Waals surface area (Å²) in [4.78, 5) is 15.5. The van der Waals surface area contributed by atoms with Crippen molar-refractivity contribution < 1.29 is 9.90 Å². The summed E-state index contributed by atoms with van der Waals surface area (Å²) in [6, 6.07) is 17.9. The topological polar surface area (TPSA) is 55.1 Å². The second-order valence-electron chi connectivity index (χ2n) is 5.16. The molecule has 0 saturated heterocycles. The SMILES string of the molecule is Cc1ccc(-c2cn(-c3ccccc3)c(SCC(=O)O)n2)cc1. The van der Waals surface area contributed by atoms with Gasteiger partial charge in [0.2, 0.25) is 0 Å². The van der Waals surface area contributed by atoms with Crippen LogP contribution in [0.4, 0.5) is 0 Å². The molecule has 3 rings (SSSR count). The van der Waals surface area contributed by atoms with Crippen LogP contribution >= 0.6 is 11.8 Å². The number of benzene rings is 2. The van der Waals surface area contributed by atoms with Crippen LogP contribution in [-0.2, 0) is 4.79 Å². The fraction of sp³-hybridized carbons (Fsp3) is 0.111. The van der Waals surface area contributed by atoms with Gasteiger partial charge in [0.15, 0.2) is 5.16 Å². The summed E-state index contributed by atoms with van der Waals surface area (Å²) in [5.41, 5.74) is 4.01. The predicted molar refractivity (Wildman–Crippen MR) is 92.1 cm³/mol. The summed E-state index contributed by atoms with van der Waals surface area (Å²) in [6.45, 7) is 2.04. The summed E-state index contributed by atoms with van der Waals surface area (Å²) in [6.07, 6.45) is 1.95. The largest absolute Gasteiger partial charge is 0.481 e. The van der Waals surface area contributed by atoms with E-state index in [2.05, 4.69) is 4.98 Å². The quantitative estimate of drug-likeness (QED) is 0.720. The van der Waals surface area contributed by atoms with Crippen molar-refractivity contribution in [3.05, 3.63) is 66.4 Å². The van der Waals surface area contributed by atoms with Gasteiger partial charge in [-0.3, -0.25) is 9.36 Å². The van der Waals surface area contributed by atoms with Crippen molar-refractivity contribution in [1.82, 2.24) is 9.55 Å². The molecule has 0 radical (unpaired) electrons. The smallest absolute Gasteiger partial charge is 0.313 e. The van der Waals surface area contributed by atoms with Crippen LogP contribution in [0.5, 0.6) is 0 Å². The first-order chi connectivity index (χ1) is 11.1. The lowest BCUT2D eigenvalue weighted by molar-refractivity contribution is -0.133. The molecule has 0 atom stereocenters. The van der Waals surface area contributed by atoms with Gasteiger partial charge in [0.05, 0.1) is 11.4 Å². The van der Waals surface area contributed by atoms with Crippen molar-refractivity contribution in [3.63, 3.8) is 0 Å². The number of nitrogens with zero attached hydrogens (tertiary/aromatic N) is 2. The molecule has 0 spiro atoms. The molecule has 0 bridgehead atoms. The van der Waals surface area contributed by atoms with Gasteiger partial charge < -0.3 is 5.11 Å². The third-order valence-corrected chi connectivity index (χ3v) is 4.32. The van der Waals surface area contributed by atoms with Gasteiger partial charge in [0.25, 0.3) is 0 Å². The van der Waals surface area contributed by atoms with Gasteiger partial charge in [-0.1, -0.05) is 59.8 Å². The molecule has 116 valence electrons. The Hall–Kier alpha value is -2.53. The van der Waals surface area contributed by atoms with E-state index in [0.29, 0.717) is 5.16 Å². The number of aromatic nitrogens is 2. The van der Waals surface area contributed by atoms with Crippen LogP contribution in [0.2, 0.25) is 0 Å². The molecular formula is C18H16N2O2S. The molecule has 2 aromatic carbocycles. The van der Waals surface area contributed by atoms with E-state index in [9.17, 15) is 4.79 Å². The normalized spacial score (nSPS) is 10.7. The Kier molecular flexibility index (Phi) is 4.48. The summed E-state index contributed by atoms with van der Waals surface area (Å²) >= 11 is 1.22. The van der Waals surface area contributed by atoms with Crippen LogP contribution in [-0.4, -0.2) is 26.4 Å². The highest BCUT2D eigenvalue weighted by molar-refractivity contribution is 7.99. The predicted octanol–water partition coefficient (Wildman–Crippen LogP) is 4.02. The van der Waals surface area contributed by atoms with E-state index >= 15 is 0 Å². The Morgan fingerprint density at radius 3 is 2.48 bits per heavy atom. The number of imidazole rings is 1. The Labute approximate surface area is 138 Å². The molecule has 0 aliphatic carbocycles. The lowest BCUT2D eigenvalue weighted by atomic mass is 10.1. The van der Waals surface area contributed by atoms with Crippen LogP contribution in [0.3, 0.4) is 0 Å². The molecule has 0 aliphatic rings. The number of hydrogen-bond donors (Lipinski definition) is 1.